The molecule has 0 N–H and O–H groups in total. The molecule has 1 rings (SSSR count). The van der Waals surface area contributed by atoms with Crippen molar-refractivity contribution in [2.24, 2.45) is 11.8 Å². The fourth-order valence-corrected chi connectivity index (χ4v) is 2.86. The summed E-state index contributed by atoms with van der Waals surface area (Å²) in [6.45, 7) is 7.50. The molecule has 1 unspecified atom stereocenters. The first kappa shape index (κ1) is 17.1. The minimum atomic E-state index is -2.73. The van der Waals surface area contributed by atoms with Crippen molar-refractivity contribution in [3.05, 3.63) is 23.0 Å². The van der Waals surface area contributed by atoms with Gasteiger partial charge in [0.25, 0.3) is 12.9 Å². The van der Waals surface area contributed by atoms with Gasteiger partial charge in [0.2, 0.25) is 0 Å². The van der Waals surface area contributed by atoms with E-state index >= 15 is 0 Å². The van der Waals surface area contributed by atoms with Crippen LogP contribution < -0.4 is 0 Å². The van der Waals surface area contributed by atoms with Crippen LogP contribution in [-0.4, -0.2) is 24.3 Å². The van der Waals surface area contributed by atoms with Gasteiger partial charge in [0.15, 0.2) is 0 Å². The van der Waals surface area contributed by atoms with Gasteiger partial charge in [0, 0.05) is 12.5 Å². The lowest BCUT2D eigenvalue weighted by atomic mass is 9.84. The Balaban J connectivity index is 3.31. The molecule has 0 radical (unpaired) electrons. The molecule has 0 saturated carbocycles. The summed E-state index contributed by atoms with van der Waals surface area (Å²) < 4.78 is 53.1. The van der Waals surface area contributed by atoms with Crippen molar-refractivity contribution in [1.29, 1.82) is 0 Å². The molecule has 5 heteroatoms. The molecule has 116 valence electrons. The van der Waals surface area contributed by atoms with Crippen LogP contribution in [-0.2, 0) is 0 Å². The predicted molar refractivity (Wildman–Crippen MR) is 72.7 cm³/mol. The fraction of sp³-hybridized carbons (Fsp3) is 0.733. The number of alkyl halides is 4. The molecule has 0 aromatic rings. The van der Waals surface area contributed by atoms with Crippen LogP contribution in [0.1, 0.15) is 40.5 Å². The number of rotatable bonds is 6. The molecule has 1 nitrogen and oxygen atoms in total. The molecule has 0 aromatic carbocycles. The molecule has 1 aliphatic rings. The van der Waals surface area contributed by atoms with Gasteiger partial charge in [-0.1, -0.05) is 26.8 Å². The third-order valence-electron chi connectivity index (χ3n) is 3.60. The molecule has 0 spiro atoms. The van der Waals surface area contributed by atoms with E-state index in [1.165, 1.54) is 6.08 Å². The van der Waals surface area contributed by atoms with Gasteiger partial charge < -0.3 is 4.90 Å². The van der Waals surface area contributed by atoms with Crippen molar-refractivity contribution >= 4 is 0 Å². The summed E-state index contributed by atoms with van der Waals surface area (Å²) in [6.07, 6.45) is -2.88. The first-order chi connectivity index (χ1) is 9.33. The highest BCUT2D eigenvalue weighted by molar-refractivity contribution is 5.32. The van der Waals surface area contributed by atoms with Crippen LogP contribution in [0.25, 0.3) is 0 Å². The van der Waals surface area contributed by atoms with E-state index in [-0.39, 0.29) is 29.8 Å². The maximum atomic E-state index is 13.4. The summed E-state index contributed by atoms with van der Waals surface area (Å²) in [6, 6.07) is 0. The summed E-state index contributed by atoms with van der Waals surface area (Å²) >= 11 is 0. The summed E-state index contributed by atoms with van der Waals surface area (Å²) in [5.74, 6) is -0.0420. The SMILES string of the molecule is CCC1=C(C(F)F)N(CC)C(C(F)F)=CC1CC(C)C. The molecule has 1 heterocycles. The van der Waals surface area contributed by atoms with Gasteiger partial charge in [-0.15, -0.1) is 0 Å². The van der Waals surface area contributed by atoms with E-state index in [0.717, 1.165) is 4.90 Å². The maximum Gasteiger partial charge on any atom is 0.278 e. The van der Waals surface area contributed by atoms with E-state index in [4.69, 9.17) is 0 Å². The van der Waals surface area contributed by atoms with Crippen LogP contribution in [0.5, 0.6) is 0 Å². The van der Waals surface area contributed by atoms with E-state index in [0.29, 0.717) is 18.4 Å². The molecule has 1 aliphatic heterocycles. The standard InChI is InChI=1S/C15H23F4N/c1-5-11-10(7-9(3)4)8-12(14(16)17)20(6-2)13(11)15(18)19/h8-10,14-15H,5-7H2,1-4H3. The zero-order valence-corrected chi connectivity index (χ0v) is 12.5. The summed E-state index contributed by atoms with van der Waals surface area (Å²) in [4.78, 5) is 1.09. The zero-order chi connectivity index (χ0) is 15.4. The van der Waals surface area contributed by atoms with Crippen molar-refractivity contribution in [1.82, 2.24) is 4.90 Å². The highest BCUT2D eigenvalue weighted by atomic mass is 19.3. The summed E-state index contributed by atoms with van der Waals surface area (Å²) in [5.41, 5.74) is 0.115. The Morgan fingerprint density at radius 2 is 1.70 bits per heavy atom. The van der Waals surface area contributed by atoms with Crippen LogP contribution in [0.2, 0.25) is 0 Å². The molecule has 20 heavy (non-hydrogen) atoms. The number of hydrogen-bond donors (Lipinski definition) is 0. The summed E-state index contributed by atoms with van der Waals surface area (Å²) in [5, 5.41) is 0. The molecular weight excluding hydrogens is 270 g/mol. The number of allylic oxidation sites excluding steroid dienone is 4. The van der Waals surface area contributed by atoms with E-state index < -0.39 is 12.9 Å². The molecular formula is C15H23F4N. The van der Waals surface area contributed by atoms with Crippen molar-refractivity contribution in [2.75, 3.05) is 6.54 Å². The van der Waals surface area contributed by atoms with Crippen LogP contribution in [0.3, 0.4) is 0 Å². The van der Waals surface area contributed by atoms with Gasteiger partial charge in [-0.2, -0.15) is 0 Å². The van der Waals surface area contributed by atoms with Crippen LogP contribution in [0.4, 0.5) is 17.6 Å². The van der Waals surface area contributed by atoms with Crippen LogP contribution in [0, 0.1) is 11.8 Å². The zero-order valence-electron chi connectivity index (χ0n) is 12.5. The molecule has 0 saturated heterocycles. The molecule has 0 bridgehead atoms. The van der Waals surface area contributed by atoms with Crippen molar-refractivity contribution in [3.63, 3.8) is 0 Å². The minimum Gasteiger partial charge on any atom is -0.339 e. The quantitative estimate of drug-likeness (QED) is 0.618. The average Bonchev–Trinajstić information content (AvgIpc) is 2.35. The predicted octanol–water partition coefficient (Wildman–Crippen LogP) is 5.06. The monoisotopic (exact) mass is 293 g/mol. The Morgan fingerprint density at radius 3 is 2.05 bits per heavy atom. The van der Waals surface area contributed by atoms with Crippen LogP contribution in [0.15, 0.2) is 23.0 Å². The maximum absolute atomic E-state index is 13.4. The topological polar surface area (TPSA) is 3.24 Å². The fourth-order valence-electron chi connectivity index (χ4n) is 2.86. The summed E-state index contributed by atoms with van der Waals surface area (Å²) in [7, 11) is 0. The Morgan fingerprint density at radius 1 is 1.10 bits per heavy atom. The highest BCUT2D eigenvalue weighted by Crippen LogP contribution is 2.39. The Labute approximate surface area is 118 Å². The Bertz CT molecular complexity index is 385. The van der Waals surface area contributed by atoms with Gasteiger partial charge in [0.1, 0.15) is 0 Å². The van der Waals surface area contributed by atoms with E-state index in [1.54, 1.807) is 13.8 Å². The third kappa shape index (κ3) is 3.55. The van der Waals surface area contributed by atoms with Crippen molar-refractivity contribution in [2.45, 2.75) is 53.4 Å². The molecule has 1 atom stereocenters. The molecule has 0 aliphatic carbocycles. The molecule has 0 amide bonds. The third-order valence-corrected chi connectivity index (χ3v) is 3.60. The second kappa shape index (κ2) is 7.14. The second-order valence-corrected chi connectivity index (χ2v) is 5.44. The largest absolute Gasteiger partial charge is 0.339 e. The first-order valence-corrected chi connectivity index (χ1v) is 7.11. The van der Waals surface area contributed by atoms with Gasteiger partial charge in [-0.25, -0.2) is 17.6 Å². The minimum absolute atomic E-state index is 0.133. The van der Waals surface area contributed by atoms with Gasteiger partial charge in [0.05, 0.1) is 11.4 Å². The van der Waals surface area contributed by atoms with Gasteiger partial charge >= 0.3 is 0 Å². The normalized spacial score (nSPS) is 20.4. The lowest BCUT2D eigenvalue weighted by molar-refractivity contribution is 0.108. The Kier molecular flexibility index (Phi) is 6.08. The molecule has 0 aromatic heterocycles. The lowest BCUT2D eigenvalue weighted by Gasteiger charge is -2.37. The Hall–Kier alpha value is -1.00. The molecule has 0 fully saturated rings. The lowest BCUT2D eigenvalue weighted by Crippen LogP contribution is -2.35. The number of hydrogen-bond acceptors (Lipinski definition) is 1. The average molecular weight is 293 g/mol. The van der Waals surface area contributed by atoms with Gasteiger partial charge in [-0.05, 0) is 31.3 Å². The van der Waals surface area contributed by atoms with Crippen molar-refractivity contribution in [3.8, 4) is 0 Å². The van der Waals surface area contributed by atoms with E-state index in [2.05, 4.69) is 0 Å². The van der Waals surface area contributed by atoms with Crippen LogP contribution >= 0.6 is 0 Å². The van der Waals surface area contributed by atoms with Gasteiger partial charge in [-0.3, -0.25) is 0 Å². The van der Waals surface area contributed by atoms with Crippen molar-refractivity contribution < 1.29 is 17.6 Å². The number of halogens is 4. The van der Waals surface area contributed by atoms with E-state index in [1.807, 2.05) is 13.8 Å². The smallest absolute Gasteiger partial charge is 0.278 e. The second-order valence-electron chi connectivity index (χ2n) is 5.44. The highest BCUT2D eigenvalue weighted by Gasteiger charge is 2.35. The number of nitrogens with zero attached hydrogens (tertiary/aromatic N) is 1. The van der Waals surface area contributed by atoms with E-state index in [9.17, 15) is 17.6 Å². The first-order valence-electron chi connectivity index (χ1n) is 7.11.